The van der Waals surface area contributed by atoms with Crippen molar-refractivity contribution in [1.82, 2.24) is 5.32 Å². The highest BCUT2D eigenvalue weighted by atomic mass is 35.5. The largest absolute Gasteiger partial charge is 0.340 e. The molecule has 2 aromatic carbocycles. The van der Waals surface area contributed by atoms with Crippen LogP contribution in [0, 0.1) is 6.92 Å². The Kier molecular flexibility index (Phi) is 7.34. The summed E-state index contributed by atoms with van der Waals surface area (Å²) in [7, 11) is 0. The number of hydrogen-bond acceptors (Lipinski definition) is 3. The molecule has 1 unspecified atom stereocenters. The molecule has 0 bridgehead atoms. The molecule has 25 heavy (non-hydrogen) atoms. The number of aryl methyl sites for hydroxylation is 1. The predicted octanol–water partition coefficient (Wildman–Crippen LogP) is 4.14. The maximum Gasteiger partial charge on any atom is 0.253 e. The Labute approximate surface area is 157 Å². The van der Waals surface area contributed by atoms with Crippen molar-refractivity contribution in [1.29, 1.82) is 0 Å². The molecular formula is C19H21ClN2O2S. The number of halogens is 1. The van der Waals surface area contributed by atoms with Gasteiger partial charge in [0.15, 0.2) is 0 Å². The van der Waals surface area contributed by atoms with Gasteiger partial charge < -0.3 is 10.6 Å². The molecule has 1 atom stereocenters. The fourth-order valence-electron chi connectivity index (χ4n) is 2.34. The van der Waals surface area contributed by atoms with E-state index in [9.17, 15) is 9.59 Å². The smallest absolute Gasteiger partial charge is 0.253 e. The van der Waals surface area contributed by atoms with Crippen LogP contribution in [0.5, 0.6) is 0 Å². The Balaban J connectivity index is 2.10. The normalized spacial score (nSPS) is 11.6. The van der Waals surface area contributed by atoms with Crippen molar-refractivity contribution in [2.24, 2.45) is 0 Å². The third-order valence-corrected chi connectivity index (χ3v) is 4.61. The summed E-state index contributed by atoms with van der Waals surface area (Å²) in [5, 5.41) is 6.03. The molecule has 0 spiro atoms. The van der Waals surface area contributed by atoms with Gasteiger partial charge in [0.25, 0.3) is 5.91 Å². The second kappa shape index (κ2) is 9.49. The molecule has 0 aliphatic heterocycles. The summed E-state index contributed by atoms with van der Waals surface area (Å²) >= 11 is 7.69. The van der Waals surface area contributed by atoms with Gasteiger partial charge in [0.2, 0.25) is 5.91 Å². The average molecular weight is 377 g/mol. The summed E-state index contributed by atoms with van der Waals surface area (Å²) in [5.41, 5.74) is 2.13. The molecule has 4 nitrogen and oxygen atoms in total. The van der Waals surface area contributed by atoms with Gasteiger partial charge in [0, 0.05) is 5.69 Å². The Hall–Kier alpha value is -1.98. The van der Waals surface area contributed by atoms with Crippen molar-refractivity contribution in [3.63, 3.8) is 0 Å². The summed E-state index contributed by atoms with van der Waals surface area (Å²) in [6, 6.07) is 13.7. The topological polar surface area (TPSA) is 58.2 Å². The highest BCUT2D eigenvalue weighted by Crippen LogP contribution is 2.16. The van der Waals surface area contributed by atoms with Crippen LogP contribution < -0.4 is 10.6 Å². The molecular weight excluding hydrogens is 356 g/mol. The number of anilines is 1. The lowest BCUT2D eigenvalue weighted by atomic mass is 10.1. The van der Waals surface area contributed by atoms with Crippen LogP contribution in [0.1, 0.15) is 22.3 Å². The van der Waals surface area contributed by atoms with Gasteiger partial charge in [0.1, 0.15) is 6.04 Å². The lowest BCUT2D eigenvalue weighted by Gasteiger charge is -2.19. The van der Waals surface area contributed by atoms with Crippen molar-refractivity contribution in [2.75, 3.05) is 17.3 Å². The van der Waals surface area contributed by atoms with Gasteiger partial charge in [-0.05, 0) is 55.2 Å². The van der Waals surface area contributed by atoms with E-state index in [2.05, 4.69) is 10.6 Å². The van der Waals surface area contributed by atoms with E-state index in [1.165, 1.54) is 0 Å². The monoisotopic (exact) mass is 376 g/mol. The number of rotatable bonds is 7. The van der Waals surface area contributed by atoms with E-state index in [1.807, 2.05) is 37.4 Å². The second-order valence-corrected chi connectivity index (χ2v) is 7.04. The maximum absolute atomic E-state index is 12.6. The molecule has 0 saturated heterocycles. The summed E-state index contributed by atoms with van der Waals surface area (Å²) in [4.78, 5) is 25.1. The van der Waals surface area contributed by atoms with E-state index in [0.717, 1.165) is 11.3 Å². The first kappa shape index (κ1) is 19.3. The zero-order valence-electron chi connectivity index (χ0n) is 14.2. The molecule has 6 heteroatoms. The minimum Gasteiger partial charge on any atom is -0.340 e. The molecule has 0 radical (unpaired) electrons. The molecule has 132 valence electrons. The molecule has 0 aliphatic rings. The second-order valence-electron chi connectivity index (χ2n) is 5.65. The maximum atomic E-state index is 12.6. The summed E-state index contributed by atoms with van der Waals surface area (Å²) in [6.07, 6.45) is 2.50. The molecule has 0 fully saturated rings. The highest BCUT2D eigenvalue weighted by Gasteiger charge is 2.22. The van der Waals surface area contributed by atoms with E-state index in [0.29, 0.717) is 22.7 Å². The van der Waals surface area contributed by atoms with Crippen LogP contribution in [0.4, 0.5) is 5.69 Å². The first-order valence-electron chi connectivity index (χ1n) is 7.93. The minimum atomic E-state index is -0.628. The number of hydrogen-bond donors (Lipinski definition) is 2. The number of carbonyl (C=O) groups excluding carboxylic acids is 2. The van der Waals surface area contributed by atoms with Crippen LogP contribution in [0.25, 0.3) is 0 Å². The van der Waals surface area contributed by atoms with Gasteiger partial charge in [-0.1, -0.05) is 35.9 Å². The van der Waals surface area contributed by atoms with Crippen LogP contribution in [0.2, 0.25) is 5.02 Å². The number of thioether (sulfide) groups is 1. The summed E-state index contributed by atoms with van der Waals surface area (Å²) < 4.78 is 0. The van der Waals surface area contributed by atoms with Crippen molar-refractivity contribution >= 4 is 40.9 Å². The molecule has 0 saturated carbocycles. The molecule has 2 rings (SSSR count). The Bertz CT molecular complexity index is 752. The highest BCUT2D eigenvalue weighted by molar-refractivity contribution is 7.98. The van der Waals surface area contributed by atoms with Gasteiger partial charge in [0.05, 0.1) is 10.6 Å². The van der Waals surface area contributed by atoms with E-state index in [-0.39, 0.29) is 11.8 Å². The Morgan fingerprint density at radius 2 is 1.92 bits per heavy atom. The number of carbonyl (C=O) groups is 2. The van der Waals surface area contributed by atoms with E-state index < -0.39 is 6.04 Å². The first-order valence-corrected chi connectivity index (χ1v) is 9.70. The lowest BCUT2D eigenvalue weighted by molar-refractivity contribution is -0.118. The SMILES string of the molecule is CSCCC(NC(=O)c1ccccc1Cl)C(=O)Nc1cccc(C)c1. The van der Waals surface area contributed by atoms with Crippen molar-refractivity contribution in [3.05, 3.63) is 64.7 Å². The Morgan fingerprint density at radius 3 is 2.60 bits per heavy atom. The van der Waals surface area contributed by atoms with Crippen LogP contribution in [-0.4, -0.2) is 29.9 Å². The van der Waals surface area contributed by atoms with Gasteiger partial charge >= 0.3 is 0 Å². The van der Waals surface area contributed by atoms with E-state index >= 15 is 0 Å². The molecule has 0 heterocycles. The molecule has 2 N–H and O–H groups in total. The molecule has 0 aliphatic carbocycles. The van der Waals surface area contributed by atoms with Gasteiger partial charge in [-0.3, -0.25) is 9.59 Å². The van der Waals surface area contributed by atoms with Crippen molar-refractivity contribution in [2.45, 2.75) is 19.4 Å². The van der Waals surface area contributed by atoms with Crippen LogP contribution in [-0.2, 0) is 4.79 Å². The molecule has 0 aromatic heterocycles. The fourth-order valence-corrected chi connectivity index (χ4v) is 3.03. The quantitative estimate of drug-likeness (QED) is 0.763. The fraction of sp³-hybridized carbons (Fsp3) is 0.263. The van der Waals surface area contributed by atoms with Crippen molar-refractivity contribution < 1.29 is 9.59 Å². The summed E-state index contributed by atoms with van der Waals surface area (Å²) in [6.45, 7) is 1.96. The standard InChI is InChI=1S/C19H21ClN2O2S/c1-13-6-5-7-14(12-13)21-19(24)17(10-11-25-2)22-18(23)15-8-3-4-9-16(15)20/h3-9,12,17H,10-11H2,1-2H3,(H,21,24)(H,22,23). The summed E-state index contributed by atoms with van der Waals surface area (Å²) in [5.74, 6) is 0.172. The third-order valence-electron chi connectivity index (χ3n) is 3.64. The number of amides is 2. The number of nitrogens with one attached hydrogen (secondary N) is 2. The van der Waals surface area contributed by atoms with Crippen LogP contribution in [0.15, 0.2) is 48.5 Å². The van der Waals surface area contributed by atoms with Gasteiger partial charge in [-0.2, -0.15) is 11.8 Å². The third kappa shape index (κ3) is 5.80. The first-order chi connectivity index (χ1) is 12.0. The predicted molar refractivity (Wildman–Crippen MR) is 106 cm³/mol. The van der Waals surface area contributed by atoms with Crippen LogP contribution in [0.3, 0.4) is 0 Å². The molecule has 2 amide bonds. The zero-order valence-corrected chi connectivity index (χ0v) is 15.8. The zero-order chi connectivity index (χ0) is 18.2. The van der Waals surface area contributed by atoms with E-state index in [1.54, 1.807) is 36.0 Å². The average Bonchev–Trinajstić information content (AvgIpc) is 2.58. The van der Waals surface area contributed by atoms with Gasteiger partial charge in [-0.15, -0.1) is 0 Å². The lowest BCUT2D eigenvalue weighted by Crippen LogP contribution is -2.44. The van der Waals surface area contributed by atoms with E-state index in [4.69, 9.17) is 11.6 Å². The van der Waals surface area contributed by atoms with Crippen molar-refractivity contribution in [3.8, 4) is 0 Å². The minimum absolute atomic E-state index is 0.236. The molecule has 2 aromatic rings. The number of benzene rings is 2. The Morgan fingerprint density at radius 1 is 1.16 bits per heavy atom. The van der Waals surface area contributed by atoms with Gasteiger partial charge in [-0.25, -0.2) is 0 Å². The van der Waals surface area contributed by atoms with Crippen LogP contribution >= 0.6 is 23.4 Å².